The topological polar surface area (TPSA) is 41.8 Å². The maximum absolute atomic E-state index is 10.8. The Kier molecular flexibility index (Phi) is 2.73. The van der Waals surface area contributed by atoms with E-state index in [2.05, 4.69) is 17.1 Å². The Labute approximate surface area is 101 Å². The molecule has 1 saturated heterocycles. The third-order valence-electron chi connectivity index (χ3n) is 3.76. The normalized spacial score (nSPS) is 27.7. The number of hydrogen-bond donors (Lipinski definition) is 1. The Bertz CT molecular complexity index is 403. The van der Waals surface area contributed by atoms with Crippen molar-refractivity contribution in [2.24, 2.45) is 4.99 Å². The zero-order chi connectivity index (χ0) is 11.7. The standard InChI is InChI=1S/C14H17NO2/c16-14(6-8-17-9-7-14)13(12-10-15-12)11-4-2-1-3-5-11/h1-5,10,12-13,16H,6-9H2. The van der Waals surface area contributed by atoms with Crippen molar-refractivity contribution < 1.29 is 9.84 Å². The summed E-state index contributed by atoms with van der Waals surface area (Å²) in [6.07, 6.45) is 3.34. The van der Waals surface area contributed by atoms with Crippen LogP contribution in [0.4, 0.5) is 0 Å². The van der Waals surface area contributed by atoms with Gasteiger partial charge in [-0.1, -0.05) is 30.3 Å². The van der Waals surface area contributed by atoms with Gasteiger partial charge in [0, 0.05) is 38.2 Å². The lowest BCUT2D eigenvalue weighted by molar-refractivity contribution is -0.0793. The first-order valence-electron chi connectivity index (χ1n) is 6.18. The van der Waals surface area contributed by atoms with E-state index in [4.69, 9.17) is 4.74 Å². The lowest BCUT2D eigenvalue weighted by Gasteiger charge is -2.39. The highest BCUT2D eigenvalue weighted by molar-refractivity contribution is 5.80. The predicted octanol–water partition coefficient (Wildman–Crippen LogP) is 1.76. The number of nitrogens with zero attached hydrogens (tertiary/aromatic N) is 1. The highest BCUT2D eigenvalue weighted by Gasteiger charge is 2.45. The van der Waals surface area contributed by atoms with Crippen molar-refractivity contribution in [1.29, 1.82) is 0 Å². The summed E-state index contributed by atoms with van der Waals surface area (Å²) in [5.74, 6) is 0.0904. The third-order valence-corrected chi connectivity index (χ3v) is 3.76. The molecular weight excluding hydrogens is 214 g/mol. The van der Waals surface area contributed by atoms with E-state index in [9.17, 15) is 5.11 Å². The zero-order valence-corrected chi connectivity index (χ0v) is 9.75. The van der Waals surface area contributed by atoms with Crippen molar-refractivity contribution in [3.05, 3.63) is 35.9 Å². The van der Waals surface area contributed by atoms with Crippen molar-refractivity contribution in [2.75, 3.05) is 13.2 Å². The van der Waals surface area contributed by atoms with Crippen LogP contribution in [0.2, 0.25) is 0 Å². The Morgan fingerprint density at radius 1 is 1.24 bits per heavy atom. The van der Waals surface area contributed by atoms with Crippen LogP contribution in [0.25, 0.3) is 0 Å². The van der Waals surface area contributed by atoms with Gasteiger partial charge >= 0.3 is 0 Å². The number of aliphatic hydroxyl groups is 1. The molecule has 0 spiro atoms. The second kappa shape index (κ2) is 4.24. The molecule has 0 aliphatic carbocycles. The first kappa shape index (κ1) is 10.9. The molecule has 3 nitrogen and oxygen atoms in total. The monoisotopic (exact) mass is 231 g/mol. The smallest absolute Gasteiger partial charge is 0.0939 e. The molecule has 2 aliphatic heterocycles. The first-order valence-corrected chi connectivity index (χ1v) is 6.18. The van der Waals surface area contributed by atoms with E-state index in [1.165, 1.54) is 5.56 Å². The fraction of sp³-hybridized carbons (Fsp3) is 0.500. The molecule has 1 aromatic rings. The highest BCUT2D eigenvalue weighted by Crippen LogP contribution is 2.41. The van der Waals surface area contributed by atoms with E-state index in [1.807, 2.05) is 24.4 Å². The maximum atomic E-state index is 10.8. The third kappa shape index (κ3) is 2.13. The number of rotatable bonds is 3. The minimum atomic E-state index is -0.666. The lowest BCUT2D eigenvalue weighted by Crippen LogP contribution is -2.44. The van der Waals surface area contributed by atoms with E-state index >= 15 is 0 Å². The minimum Gasteiger partial charge on any atom is -0.389 e. The van der Waals surface area contributed by atoms with Crippen LogP contribution < -0.4 is 0 Å². The van der Waals surface area contributed by atoms with Gasteiger partial charge in [0.25, 0.3) is 0 Å². The molecule has 17 heavy (non-hydrogen) atoms. The number of ether oxygens (including phenoxy) is 1. The minimum absolute atomic E-state index is 0.0904. The first-order chi connectivity index (χ1) is 8.30. The van der Waals surface area contributed by atoms with Crippen molar-refractivity contribution in [2.45, 2.75) is 30.4 Å². The number of aliphatic imine (C=N–C) groups is 1. The van der Waals surface area contributed by atoms with Crippen molar-refractivity contribution >= 4 is 6.21 Å². The van der Waals surface area contributed by atoms with E-state index in [1.54, 1.807) is 0 Å². The SMILES string of the molecule is OC1(C(c2ccccc2)C2C=N2)CCOCC1. The van der Waals surface area contributed by atoms with Gasteiger partial charge in [-0.05, 0) is 5.56 Å². The molecule has 0 radical (unpaired) electrons. The molecule has 90 valence electrons. The molecular formula is C14H17NO2. The molecule has 1 aromatic carbocycles. The predicted molar refractivity (Wildman–Crippen MR) is 66.5 cm³/mol. The van der Waals surface area contributed by atoms with Crippen LogP contribution in [0, 0.1) is 0 Å². The van der Waals surface area contributed by atoms with Crippen LogP contribution in [0.3, 0.4) is 0 Å². The van der Waals surface area contributed by atoms with Crippen LogP contribution in [0.15, 0.2) is 35.3 Å². The second-order valence-electron chi connectivity index (χ2n) is 4.89. The molecule has 2 atom stereocenters. The summed E-state index contributed by atoms with van der Waals surface area (Å²) in [7, 11) is 0. The van der Waals surface area contributed by atoms with Crippen molar-refractivity contribution in [3.8, 4) is 0 Å². The average Bonchev–Trinajstić information content (AvgIpc) is 3.16. The van der Waals surface area contributed by atoms with Gasteiger partial charge in [-0.3, -0.25) is 4.99 Å². The largest absolute Gasteiger partial charge is 0.389 e. The van der Waals surface area contributed by atoms with Crippen molar-refractivity contribution in [1.82, 2.24) is 0 Å². The summed E-state index contributed by atoms with van der Waals surface area (Å²) in [6.45, 7) is 1.29. The average molecular weight is 231 g/mol. The molecule has 2 heterocycles. The Hall–Kier alpha value is -1.19. The summed E-state index contributed by atoms with van der Waals surface area (Å²) in [5, 5.41) is 10.8. The van der Waals surface area contributed by atoms with Gasteiger partial charge < -0.3 is 9.84 Å². The molecule has 3 heteroatoms. The Balaban J connectivity index is 1.89. The molecule has 2 aliphatic rings. The molecule has 0 amide bonds. The van der Waals surface area contributed by atoms with Crippen molar-refractivity contribution in [3.63, 3.8) is 0 Å². The molecule has 0 saturated carbocycles. The van der Waals surface area contributed by atoms with E-state index in [0.29, 0.717) is 26.1 Å². The van der Waals surface area contributed by atoms with Gasteiger partial charge in [0.2, 0.25) is 0 Å². The van der Waals surface area contributed by atoms with Crippen LogP contribution in [0.5, 0.6) is 0 Å². The number of hydrogen-bond acceptors (Lipinski definition) is 3. The summed E-state index contributed by atoms with van der Waals surface area (Å²) in [5.41, 5.74) is 0.514. The van der Waals surface area contributed by atoms with E-state index < -0.39 is 5.60 Å². The van der Waals surface area contributed by atoms with Crippen LogP contribution in [-0.2, 0) is 4.74 Å². The Morgan fingerprint density at radius 3 is 2.47 bits per heavy atom. The molecule has 1 fully saturated rings. The zero-order valence-electron chi connectivity index (χ0n) is 9.75. The van der Waals surface area contributed by atoms with Crippen LogP contribution >= 0.6 is 0 Å². The summed E-state index contributed by atoms with van der Waals surface area (Å²) >= 11 is 0. The van der Waals surface area contributed by atoms with Gasteiger partial charge in [-0.2, -0.15) is 0 Å². The fourth-order valence-electron chi connectivity index (χ4n) is 2.74. The quantitative estimate of drug-likeness (QED) is 0.861. The van der Waals surface area contributed by atoms with Gasteiger partial charge in [0.05, 0.1) is 11.6 Å². The Morgan fingerprint density at radius 2 is 1.88 bits per heavy atom. The lowest BCUT2D eigenvalue weighted by atomic mass is 9.75. The fourth-order valence-corrected chi connectivity index (χ4v) is 2.74. The molecule has 2 unspecified atom stereocenters. The van der Waals surface area contributed by atoms with Crippen LogP contribution in [-0.4, -0.2) is 36.2 Å². The van der Waals surface area contributed by atoms with Gasteiger partial charge in [0.15, 0.2) is 0 Å². The molecule has 3 rings (SSSR count). The maximum Gasteiger partial charge on any atom is 0.0939 e. The van der Waals surface area contributed by atoms with Gasteiger partial charge in [0.1, 0.15) is 0 Å². The van der Waals surface area contributed by atoms with Crippen LogP contribution in [0.1, 0.15) is 24.3 Å². The molecule has 1 N–H and O–H groups in total. The highest BCUT2D eigenvalue weighted by atomic mass is 16.5. The van der Waals surface area contributed by atoms with Gasteiger partial charge in [-0.15, -0.1) is 0 Å². The summed E-state index contributed by atoms with van der Waals surface area (Å²) in [4.78, 5) is 4.27. The summed E-state index contributed by atoms with van der Waals surface area (Å²) in [6, 6.07) is 10.4. The molecule has 0 aromatic heterocycles. The summed E-state index contributed by atoms with van der Waals surface area (Å²) < 4.78 is 5.35. The van der Waals surface area contributed by atoms with E-state index in [0.717, 1.165) is 0 Å². The number of benzene rings is 1. The van der Waals surface area contributed by atoms with E-state index in [-0.39, 0.29) is 12.0 Å². The second-order valence-corrected chi connectivity index (χ2v) is 4.89. The molecule has 0 bridgehead atoms. The van der Waals surface area contributed by atoms with Gasteiger partial charge in [-0.25, -0.2) is 0 Å².